The Kier molecular flexibility index (Phi) is 16.8. The monoisotopic (exact) mass is 1110 g/mol. The van der Waals surface area contributed by atoms with Gasteiger partial charge in [-0.1, -0.05) is 105 Å². The predicted molar refractivity (Wildman–Crippen MR) is 201 cm³/mol. The number of benzene rings is 2. The number of nitrogens with zero attached hydrogens (tertiary/aromatic N) is 2. The van der Waals surface area contributed by atoms with E-state index in [0.29, 0.717) is 40.2 Å². The lowest BCUT2D eigenvalue weighted by Gasteiger charge is -2.06. The van der Waals surface area contributed by atoms with Crippen molar-refractivity contribution in [3.8, 4) is 0 Å². The summed E-state index contributed by atoms with van der Waals surface area (Å²) in [6.45, 7) is 0. The highest BCUT2D eigenvalue weighted by atomic mass is 127. The normalized spacial score (nSPS) is 10.5. The van der Waals surface area contributed by atoms with Gasteiger partial charge in [0.25, 0.3) is 0 Å². The zero-order valence-electron chi connectivity index (χ0n) is 18.2. The maximum Gasteiger partial charge on any atom is 0.0805 e. The summed E-state index contributed by atoms with van der Waals surface area (Å²) in [7, 11) is 0. The van der Waals surface area contributed by atoms with Crippen molar-refractivity contribution in [2.75, 3.05) is 0 Å². The Hall–Kier alpha value is 1.72. The number of aromatic nitrogens is 2. The third-order valence-corrected chi connectivity index (χ3v) is 15.5. The molecule has 2 nitrogen and oxygen atoms in total. The van der Waals surface area contributed by atoms with Crippen molar-refractivity contribution in [3.05, 3.63) is 115 Å². The molecule has 0 amide bonds. The van der Waals surface area contributed by atoms with E-state index >= 15 is 0 Å². The molecule has 0 N–H and O–H groups in total. The van der Waals surface area contributed by atoms with Crippen LogP contribution in [0.4, 0.5) is 0 Å². The highest BCUT2D eigenvalue weighted by molar-refractivity contribution is 14.1. The van der Waals surface area contributed by atoms with Crippen molar-refractivity contribution in [2.24, 2.45) is 0 Å². The van der Waals surface area contributed by atoms with E-state index in [4.69, 9.17) is 92.8 Å². The third-order valence-electron chi connectivity index (χ3n) is 4.19. The fourth-order valence-electron chi connectivity index (χ4n) is 2.30. The number of hydrogen-bond acceptors (Lipinski definition) is 2. The summed E-state index contributed by atoms with van der Waals surface area (Å²) in [5.41, 5.74) is 2.30. The molecule has 14 heteroatoms. The van der Waals surface area contributed by atoms with E-state index in [1.54, 1.807) is 24.8 Å². The number of hydrogen-bond donors (Lipinski definition) is 0. The molecule has 2 heterocycles. The molecule has 38 heavy (non-hydrogen) atoms. The van der Waals surface area contributed by atoms with E-state index in [-0.39, 0.29) is 0 Å². The van der Waals surface area contributed by atoms with E-state index in [2.05, 4.69) is 112 Å². The summed E-state index contributed by atoms with van der Waals surface area (Å²) in [6, 6.07) is 7.88. The van der Waals surface area contributed by atoms with E-state index in [1.165, 1.54) is 0 Å². The average Bonchev–Trinajstić information content (AvgIpc) is 2.95. The molecule has 0 aliphatic heterocycles. The van der Waals surface area contributed by atoms with Crippen LogP contribution in [0.25, 0.3) is 12.2 Å². The van der Waals surface area contributed by atoms with Gasteiger partial charge in [-0.15, -0.1) is 0 Å². The van der Waals surface area contributed by atoms with Gasteiger partial charge in [0.1, 0.15) is 0 Å². The molecule has 4 aromatic rings. The van der Waals surface area contributed by atoms with Gasteiger partial charge in [0.15, 0.2) is 0 Å². The molecule has 0 bridgehead atoms. The van der Waals surface area contributed by atoms with Gasteiger partial charge in [0.05, 0.1) is 40.2 Å². The van der Waals surface area contributed by atoms with Gasteiger partial charge >= 0.3 is 0 Å². The van der Waals surface area contributed by atoms with Crippen LogP contribution in [0.5, 0.6) is 0 Å². The van der Waals surface area contributed by atoms with Gasteiger partial charge in [0.2, 0.25) is 0 Å². The summed E-state index contributed by atoms with van der Waals surface area (Å²) < 4.78 is 3.31. The Bertz CT molecular complexity index is 1120. The van der Waals surface area contributed by atoms with Crippen molar-refractivity contribution < 1.29 is 0 Å². The minimum Gasteiger partial charge on any atom is -0.265 e. The van der Waals surface area contributed by atoms with Gasteiger partial charge in [-0.2, -0.15) is 0 Å². The molecule has 2 aromatic heterocycles. The van der Waals surface area contributed by atoms with Crippen molar-refractivity contribution in [1.82, 2.24) is 9.97 Å². The second-order valence-electron chi connectivity index (χ2n) is 6.66. The van der Waals surface area contributed by atoms with E-state index in [1.807, 2.05) is 24.3 Å². The standard InChI is InChI=1S/C12H10N2.2C6Cl4I2/c1(11-3-7-13-8-4-11)2-12-5-9-14-10-6-12;2*7-1-2(8)4(10)6(12)5(11)3(1)9/h1-10H;;/b2-1+;;. The fraction of sp³-hybridized carbons (Fsp3) is 0. The minimum atomic E-state index is 0.313. The smallest absolute Gasteiger partial charge is 0.0805 e. The Labute approximate surface area is 315 Å². The molecule has 0 unspecified atom stereocenters. The molecule has 0 aliphatic carbocycles. The molecule has 0 aliphatic rings. The predicted octanol–water partition coefficient (Wildman–Crippen LogP) is 13.7. The average molecular weight is 1120 g/mol. The summed E-state index contributed by atoms with van der Waals surface area (Å²) in [5.74, 6) is 0. The SMILES string of the molecule is C(=C\c1ccncc1)/c1ccncc1.Clc1c(Cl)c(Cl)c(I)c(I)c1Cl.Clc1c(Cl)c(Cl)c(I)c(I)c1Cl. The van der Waals surface area contributed by atoms with Crippen molar-refractivity contribution in [3.63, 3.8) is 0 Å². The maximum absolute atomic E-state index is 5.87. The van der Waals surface area contributed by atoms with Gasteiger partial charge in [-0.25, -0.2) is 0 Å². The second-order valence-corrected chi connectivity index (χ2v) is 14.0. The van der Waals surface area contributed by atoms with E-state index in [0.717, 1.165) is 25.4 Å². The Morgan fingerprint density at radius 3 is 0.816 bits per heavy atom. The van der Waals surface area contributed by atoms with Crippen LogP contribution in [-0.2, 0) is 0 Å². The first kappa shape index (κ1) is 35.9. The maximum atomic E-state index is 5.87. The molecule has 4 rings (SSSR count). The molecule has 0 spiro atoms. The highest BCUT2D eigenvalue weighted by Crippen LogP contribution is 2.43. The van der Waals surface area contributed by atoms with Crippen LogP contribution in [0, 0.1) is 14.3 Å². The molecule has 0 radical (unpaired) electrons. The van der Waals surface area contributed by atoms with Gasteiger partial charge in [-0.05, 0) is 126 Å². The molecule has 200 valence electrons. The van der Waals surface area contributed by atoms with E-state index < -0.39 is 0 Å². The van der Waals surface area contributed by atoms with Crippen molar-refractivity contribution in [1.29, 1.82) is 0 Å². The van der Waals surface area contributed by atoms with Crippen molar-refractivity contribution >= 4 is 195 Å². The quantitative estimate of drug-likeness (QED) is 0.114. The fourth-order valence-corrected chi connectivity index (χ4v) is 7.44. The van der Waals surface area contributed by atoms with Crippen LogP contribution in [-0.4, -0.2) is 9.97 Å². The largest absolute Gasteiger partial charge is 0.265 e. The lowest BCUT2D eigenvalue weighted by molar-refractivity contribution is 1.32. The molecule has 0 saturated carbocycles. The first-order chi connectivity index (χ1) is 17.9. The molecule has 0 atom stereocenters. The van der Waals surface area contributed by atoms with Crippen LogP contribution in [0.2, 0.25) is 40.2 Å². The molecule has 2 aromatic carbocycles. The first-order valence-corrected chi connectivity index (χ1v) is 17.0. The Morgan fingerprint density at radius 2 is 0.605 bits per heavy atom. The Balaban J connectivity index is 0.000000201. The van der Waals surface area contributed by atoms with E-state index in [9.17, 15) is 0 Å². The number of pyridine rings is 2. The summed E-state index contributed by atoms with van der Waals surface area (Å²) in [5, 5.41) is 3.07. The summed E-state index contributed by atoms with van der Waals surface area (Å²) >= 11 is 55.0. The minimum absolute atomic E-state index is 0.313. The molecular formula is C24H10Cl8I4N2. The lowest BCUT2D eigenvalue weighted by atomic mass is 10.2. The summed E-state index contributed by atoms with van der Waals surface area (Å²) in [6.07, 6.45) is 11.2. The second kappa shape index (κ2) is 17.7. The molecule has 0 saturated heterocycles. The molecular weight excluding hydrogens is 1110 g/mol. The zero-order valence-corrected chi connectivity index (χ0v) is 32.9. The van der Waals surface area contributed by atoms with Crippen LogP contribution in [0.15, 0.2) is 49.1 Å². The van der Waals surface area contributed by atoms with Crippen LogP contribution in [0.1, 0.15) is 11.1 Å². The third kappa shape index (κ3) is 10.2. The lowest BCUT2D eigenvalue weighted by Crippen LogP contribution is -1.86. The van der Waals surface area contributed by atoms with Crippen LogP contribution < -0.4 is 0 Å². The number of halogens is 12. The van der Waals surface area contributed by atoms with Gasteiger partial charge in [-0.3, -0.25) is 9.97 Å². The van der Waals surface area contributed by atoms with Gasteiger partial charge < -0.3 is 0 Å². The topological polar surface area (TPSA) is 25.8 Å². The number of rotatable bonds is 2. The van der Waals surface area contributed by atoms with Gasteiger partial charge in [0, 0.05) is 39.1 Å². The Morgan fingerprint density at radius 1 is 0.395 bits per heavy atom. The van der Waals surface area contributed by atoms with Crippen LogP contribution >= 0.6 is 183 Å². The first-order valence-electron chi connectivity index (χ1n) is 9.70. The highest BCUT2D eigenvalue weighted by Gasteiger charge is 2.17. The zero-order chi connectivity index (χ0) is 28.6. The summed E-state index contributed by atoms with van der Waals surface area (Å²) in [4.78, 5) is 7.91. The van der Waals surface area contributed by atoms with Crippen molar-refractivity contribution in [2.45, 2.75) is 0 Å². The molecule has 0 fully saturated rings. The van der Waals surface area contributed by atoms with Crippen LogP contribution in [0.3, 0.4) is 0 Å².